The molecule has 1 unspecified atom stereocenters. The van der Waals surface area contributed by atoms with Gasteiger partial charge < -0.3 is 10.6 Å². The first-order valence-corrected chi connectivity index (χ1v) is 6.71. The van der Waals surface area contributed by atoms with Crippen LogP contribution >= 0.6 is 24.0 Å². The summed E-state index contributed by atoms with van der Waals surface area (Å²) >= 11 is 5.91. The molecule has 5 heteroatoms. The number of piperidine rings is 1. The molecule has 0 spiro atoms. The van der Waals surface area contributed by atoms with Gasteiger partial charge in [-0.3, -0.25) is 4.79 Å². The number of rotatable bonds is 3. The van der Waals surface area contributed by atoms with Crippen LogP contribution in [0.3, 0.4) is 0 Å². The van der Waals surface area contributed by atoms with Crippen molar-refractivity contribution in [1.29, 1.82) is 0 Å². The summed E-state index contributed by atoms with van der Waals surface area (Å²) in [7, 11) is 0. The van der Waals surface area contributed by atoms with Crippen molar-refractivity contribution < 1.29 is 4.79 Å². The fourth-order valence-electron chi connectivity index (χ4n) is 2.29. The van der Waals surface area contributed by atoms with Crippen LogP contribution in [0.15, 0.2) is 24.3 Å². The van der Waals surface area contributed by atoms with Crippen LogP contribution in [0.2, 0.25) is 5.02 Å². The van der Waals surface area contributed by atoms with Crippen molar-refractivity contribution in [2.75, 3.05) is 13.1 Å². The third-order valence-electron chi connectivity index (χ3n) is 3.49. The minimum absolute atomic E-state index is 0. The number of carbonyl (C=O) groups is 1. The third-order valence-corrected chi connectivity index (χ3v) is 3.72. The van der Waals surface area contributed by atoms with E-state index in [0.29, 0.717) is 11.6 Å². The molecule has 2 rings (SSSR count). The topological polar surface area (TPSA) is 41.1 Å². The van der Waals surface area contributed by atoms with Gasteiger partial charge in [0.2, 0.25) is 5.91 Å². The number of amides is 1. The first-order valence-electron chi connectivity index (χ1n) is 6.34. The lowest BCUT2D eigenvalue weighted by molar-refractivity contribution is -0.131. The summed E-state index contributed by atoms with van der Waals surface area (Å²) < 4.78 is 0. The highest BCUT2D eigenvalue weighted by atomic mass is 35.5. The zero-order valence-electron chi connectivity index (χ0n) is 11.0. The molecule has 1 aromatic carbocycles. The van der Waals surface area contributed by atoms with Crippen molar-refractivity contribution in [1.82, 2.24) is 10.6 Å². The maximum absolute atomic E-state index is 12.2. The molecule has 0 radical (unpaired) electrons. The molecule has 1 atom stereocenters. The predicted octanol–water partition coefficient (Wildman–Crippen LogP) is 2.77. The number of carbonyl (C=O) groups excluding carboxylic acids is 1. The van der Waals surface area contributed by atoms with Crippen molar-refractivity contribution in [3.8, 4) is 0 Å². The molecule has 106 valence electrons. The largest absolute Gasteiger partial charge is 0.352 e. The van der Waals surface area contributed by atoms with E-state index < -0.39 is 0 Å². The molecule has 1 aromatic rings. The number of halogens is 2. The molecule has 3 nitrogen and oxygen atoms in total. The molecule has 0 saturated carbocycles. The van der Waals surface area contributed by atoms with E-state index in [1.165, 1.54) is 0 Å². The fraction of sp³-hybridized carbons (Fsp3) is 0.500. The molecule has 0 bridgehead atoms. The normalized spacial score (nSPS) is 22.4. The summed E-state index contributed by atoms with van der Waals surface area (Å²) in [6.45, 7) is 4.33. The molecule has 2 N–H and O–H groups in total. The number of hydrogen-bond donors (Lipinski definition) is 2. The van der Waals surface area contributed by atoms with Gasteiger partial charge in [-0.2, -0.15) is 0 Å². The maximum atomic E-state index is 12.2. The van der Waals surface area contributed by atoms with E-state index in [2.05, 4.69) is 10.6 Å². The van der Waals surface area contributed by atoms with Gasteiger partial charge in [-0.25, -0.2) is 0 Å². The average molecular weight is 303 g/mol. The molecular formula is C14H20Cl2N2O. The summed E-state index contributed by atoms with van der Waals surface area (Å²) in [5.74, 6) is 0.120. The van der Waals surface area contributed by atoms with Crippen LogP contribution in [0.25, 0.3) is 0 Å². The SMILES string of the molecule is CC1(C(=O)NCc2cccc(Cl)c2)CCCNC1.Cl. The Morgan fingerprint density at radius 1 is 1.53 bits per heavy atom. The lowest BCUT2D eigenvalue weighted by atomic mass is 9.82. The smallest absolute Gasteiger partial charge is 0.227 e. The molecule has 1 fully saturated rings. The van der Waals surface area contributed by atoms with Crippen LogP contribution in [0.4, 0.5) is 0 Å². The summed E-state index contributed by atoms with van der Waals surface area (Å²) in [6, 6.07) is 7.57. The van der Waals surface area contributed by atoms with Crippen LogP contribution < -0.4 is 10.6 Å². The lowest BCUT2D eigenvalue weighted by Crippen LogP contribution is -2.48. The summed E-state index contributed by atoms with van der Waals surface area (Å²) in [4.78, 5) is 12.2. The number of hydrogen-bond acceptors (Lipinski definition) is 2. The highest BCUT2D eigenvalue weighted by Gasteiger charge is 2.34. The van der Waals surface area contributed by atoms with Gasteiger partial charge in [0.1, 0.15) is 0 Å². The second-order valence-electron chi connectivity index (χ2n) is 5.15. The van der Waals surface area contributed by atoms with Gasteiger partial charge in [0.15, 0.2) is 0 Å². The molecule has 1 aliphatic rings. The second kappa shape index (κ2) is 7.13. The predicted molar refractivity (Wildman–Crippen MR) is 80.8 cm³/mol. The highest BCUT2D eigenvalue weighted by Crippen LogP contribution is 2.25. The Hall–Kier alpha value is -0.770. The highest BCUT2D eigenvalue weighted by molar-refractivity contribution is 6.30. The van der Waals surface area contributed by atoms with Gasteiger partial charge in [-0.05, 0) is 44.0 Å². The Morgan fingerprint density at radius 3 is 2.95 bits per heavy atom. The molecule has 0 aromatic heterocycles. The third kappa shape index (κ3) is 4.37. The zero-order chi connectivity index (χ0) is 13.0. The molecule has 19 heavy (non-hydrogen) atoms. The molecule has 0 aliphatic carbocycles. The Balaban J connectivity index is 0.00000180. The first kappa shape index (κ1) is 16.3. The van der Waals surface area contributed by atoms with Gasteiger partial charge in [0.05, 0.1) is 5.41 Å². The Morgan fingerprint density at radius 2 is 2.32 bits per heavy atom. The zero-order valence-corrected chi connectivity index (χ0v) is 12.6. The maximum Gasteiger partial charge on any atom is 0.227 e. The summed E-state index contributed by atoms with van der Waals surface area (Å²) in [5, 5.41) is 6.98. The Kier molecular flexibility index (Phi) is 6.11. The van der Waals surface area contributed by atoms with Gasteiger partial charge in [0, 0.05) is 18.1 Å². The number of nitrogens with one attached hydrogen (secondary N) is 2. The molecule has 1 amide bonds. The molecule has 1 heterocycles. The summed E-state index contributed by atoms with van der Waals surface area (Å²) in [6.07, 6.45) is 2.00. The Bertz CT molecular complexity index is 431. The average Bonchev–Trinajstić information content (AvgIpc) is 2.37. The van der Waals surface area contributed by atoms with Gasteiger partial charge in [-0.15, -0.1) is 12.4 Å². The van der Waals surface area contributed by atoms with Crippen molar-refractivity contribution in [2.45, 2.75) is 26.3 Å². The summed E-state index contributed by atoms with van der Waals surface area (Å²) in [5.41, 5.74) is 0.750. The quantitative estimate of drug-likeness (QED) is 0.901. The van der Waals surface area contributed by atoms with Crippen LogP contribution in [-0.2, 0) is 11.3 Å². The van der Waals surface area contributed by atoms with Gasteiger partial charge >= 0.3 is 0 Å². The minimum atomic E-state index is -0.281. The van der Waals surface area contributed by atoms with E-state index >= 15 is 0 Å². The van der Waals surface area contributed by atoms with Crippen molar-refractivity contribution >= 4 is 29.9 Å². The van der Waals surface area contributed by atoms with Crippen LogP contribution in [-0.4, -0.2) is 19.0 Å². The first-order chi connectivity index (χ1) is 8.60. The van der Waals surface area contributed by atoms with E-state index in [0.717, 1.165) is 31.5 Å². The molecular weight excluding hydrogens is 283 g/mol. The monoisotopic (exact) mass is 302 g/mol. The Labute approximate surface area is 125 Å². The second-order valence-corrected chi connectivity index (χ2v) is 5.59. The fourth-order valence-corrected chi connectivity index (χ4v) is 2.51. The molecule has 1 saturated heterocycles. The molecule has 1 aliphatic heterocycles. The van der Waals surface area contributed by atoms with E-state index in [1.54, 1.807) is 0 Å². The van der Waals surface area contributed by atoms with Crippen LogP contribution in [0, 0.1) is 5.41 Å². The minimum Gasteiger partial charge on any atom is -0.352 e. The lowest BCUT2D eigenvalue weighted by Gasteiger charge is -2.32. The van der Waals surface area contributed by atoms with E-state index in [9.17, 15) is 4.79 Å². The van der Waals surface area contributed by atoms with E-state index in [-0.39, 0.29) is 23.7 Å². The van der Waals surface area contributed by atoms with Gasteiger partial charge in [0.25, 0.3) is 0 Å². The van der Waals surface area contributed by atoms with Crippen molar-refractivity contribution in [3.05, 3.63) is 34.9 Å². The number of benzene rings is 1. The van der Waals surface area contributed by atoms with Crippen molar-refractivity contribution in [3.63, 3.8) is 0 Å². The van der Waals surface area contributed by atoms with Crippen LogP contribution in [0.5, 0.6) is 0 Å². The van der Waals surface area contributed by atoms with Crippen molar-refractivity contribution in [2.24, 2.45) is 5.41 Å². The standard InChI is InChI=1S/C14H19ClN2O.ClH/c1-14(6-3-7-16-10-14)13(18)17-9-11-4-2-5-12(15)8-11;/h2,4-5,8,16H,3,6-7,9-10H2,1H3,(H,17,18);1H. The van der Waals surface area contributed by atoms with E-state index in [1.807, 2.05) is 31.2 Å². The van der Waals surface area contributed by atoms with Crippen LogP contribution in [0.1, 0.15) is 25.3 Å². The van der Waals surface area contributed by atoms with Gasteiger partial charge in [-0.1, -0.05) is 23.7 Å². The van der Waals surface area contributed by atoms with E-state index in [4.69, 9.17) is 11.6 Å².